The summed E-state index contributed by atoms with van der Waals surface area (Å²) in [6.07, 6.45) is -1.49. The molecule has 2 heterocycles. The van der Waals surface area contributed by atoms with E-state index in [-0.39, 0.29) is 14.5 Å². The summed E-state index contributed by atoms with van der Waals surface area (Å²) in [5.41, 5.74) is -0.434. The highest BCUT2D eigenvalue weighted by Crippen LogP contribution is 2.29. The first-order valence-electron chi connectivity index (χ1n) is 6.89. The number of aromatic nitrogens is 1. The van der Waals surface area contributed by atoms with Crippen molar-refractivity contribution in [3.05, 3.63) is 14.5 Å². The van der Waals surface area contributed by atoms with E-state index in [1.54, 1.807) is 0 Å². The summed E-state index contributed by atoms with van der Waals surface area (Å²) >= 11 is 12.6. The van der Waals surface area contributed by atoms with E-state index in [0.717, 1.165) is 11.3 Å². The van der Waals surface area contributed by atoms with Crippen LogP contribution in [0.2, 0.25) is 9.49 Å². The van der Waals surface area contributed by atoms with Gasteiger partial charge in [-0.3, -0.25) is 0 Å². The van der Waals surface area contributed by atoms with Crippen molar-refractivity contribution >= 4 is 52.4 Å². The molecule has 0 aromatic carbocycles. The minimum atomic E-state index is -1.27. The summed E-state index contributed by atoms with van der Waals surface area (Å²) in [5.74, 6) is -2.22. The third kappa shape index (κ3) is 4.81. The Hall–Kier alpha value is -1.38. The van der Waals surface area contributed by atoms with Crippen molar-refractivity contribution in [2.75, 3.05) is 0 Å². The molecule has 1 aromatic heterocycles. The van der Waals surface area contributed by atoms with Crippen molar-refractivity contribution < 1.29 is 33.5 Å². The molecule has 10 heteroatoms. The average molecular weight is 398 g/mol. The fraction of sp³-hybridized carbons (Fsp3) is 0.571. The molecule has 0 spiro atoms. The lowest BCUT2D eigenvalue weighted by molar-refractivity contribution is -0.750. The number of cyclic esters (lactones) is 2. The van der Waals surface area contributed by atoms with Gasteiger partial charge in [0, 0.05) is 20.8 Å². The summed E-state index contributed by atoms with van der Waals surface area (Å²) in [4.78, 5) is 32.1. The first-order valence-corrected chi connectivity index (χ1v) is 8.46. The number of carbonyl (C=O) groups is 3. The minimum absolute atomic E-state index is 0.0347. The SMILES string of the molecule is CC(C)(C)[n+]1c(C(=O)[O-])sc(Cl)c1Cl.CC1OC(=O)C(C)OC1=O. The molecule has 134 valence electrons. The Labute approximate surface area is 153 Å². The number of rotatable bonds is 1. The second-order valence-corrected chi connectivity index (χ2v) is 7.88. The van der Waals surface area contributed by atoms with E-state index in [0.29, 0.717) is 0 Å². The quantitative estimate of drug-likeness (QED) is 0.523. The molecular weight excluding hydrogens is 381 g/mol. The Kier molecular flexibility index (Phi) is 6.60. The second-order valence-electron chi connectivity index (χ2n) is 5.92. The van der Waals surface area contributed by atoms with E-state index < -0.39 is 35.7 Å². The van der Waals surface area contributed by atoms with Gasteiger partial charge in [-0.1, -0.05) is 11.6 Å². The van der Waals surface area contributed by atoms with E-state index in [1.807, 2.05) is 20.8 Å². The maximum Gasteiger partial charge on any atom is 0.347 e. The fourth-order valence-corrected chi connectivity index (χ4v) is 3.41. The van der Waals surface area contributed by atoms with Crippen molar-refractivity contribution in [1.29, 1.82) is 0 Å². The number of hydrogen-bond acceptors (Lipinski definition) is 7. The second kappa shape index (κ2) is 7.67. The fourth-order valence-electron chi connectivity index (χ4n) is 1.72. The molecule has 0 N–H and O–H groups in total. The molecule has 1 aromatic rings. The monoisotopic (exact) mass is 397 g/mol. The zero-order chi connectivity index (χ0) is 18.8. The van der Waals surface area contributed by atoms with Crippen molar-refractivity contribution in [1.82, 2.24) is 0 Å². The summed E-state index contributed by atoms with van der Waals surface area (Å²) in [7, 11) is 0. The maximum atomic E-state index is 10.8. The van der Waals surface area contributed by atoms with Gasteiger partial charge in [0.1, 0.15) is 0 Å². The van der Waals surface area contributed by atoms with E-state index >= 15 is 0 Å². The van der Waals surface area contributed by atoms with Crippen molar-refractivity contribution in [2.45, 2.75) is 52.4 Å². The number of carboxylic acid groups (broad SMARTS) is 1. The van der Waals surface area contributed by atoms with Gasteiger partial charge in [0.15, 0.2) is 28.1 Å². The molecule has 1 aliphatic rings. The van der Waals surface area contributed by atoms with E-state index in [9.17, 15) is 19.5 Å². The van der Waals surface area contributed by atoms with Crippen LogP contribution in [-0.2, 0) is 24.6 Å². The molecule has 0 aliphatic carbocycles. The molecule has 1 fully saturated rings. The molecule has 2 unspecified atom stereocenters. The predicted molar refractivity (Wildman–Crippen MR) is 85.0 cm³/mol. The van der Waals surface area contributed by atoms with Gasteiger partial charge in [0.2, 0.25) is 0 Å². The molecule has 0 saturated carbocycles. The number of halogens is 2. The number of nitrogens with zero attached hydrogens (tertiary/aromatic N) is 1. The lowest BCUT2D eigenvalue weighted by Crippen LogP contribution is -2.55. The maximum absolute atomic E-state index is 10.8. The van der Waals surface area contributed by atoms with Crippen LogP contribution in [0.5, 0.6) is 0 Å². The Balaban J connectivity index is 0.000000254. The topological polar surface area (TPSA) is 96.6 Å². The molecule has 1 saturated heterocycles. The zero-order valence-electron chi connectivity index (χ0n) is 13.7. The van der Waals surface area contributed by atoms with Crippen LogP contribution < -0.4 is 9.67 Å². The molecule has 24 heavy (non-hydrogen) atoms. The highest BCUT2D eigenvalue weighted by Gasteiger charge is 2.35. The Morgan fingerprint density at radius 3 is 1.83 bits per heavy atom. The third-order valence-electron chi connectivity index (χ3n) is 2.84. The smallest absolute Gasteiger partial charge is 0.347 e. The predicted octanol–water partition coefficient (Wildman–Crippen LogP) is 1.32. The van der Waals surface area contributed by atoms with Crippen LogP contribution in [0.3, 0.4) is 0 Å². The van der Waals surface area contributed by atoms with Gasteiger partial charge in [-0.15, -0.1) is 0 Å². The Bertz CT molecular complexity index is 647. The summed E-state index contributed by atoms with van der Waals surface area (Å²) in [5, 5.41) is 11.1. The largest absolute Gasteiger partial charge is 0.539 e. The number of esters is 2. The highest BCUT2D eigenvalue weighted by molar-refractivity contribution is 7.17. The number of carboxylic acids is 1. The van der Waals surface area contributed by atoms with Crippen LogP contribution >= 0.6 is 34.5 Å². The van der Waals surface area contributed by atoms with Crippen molar-refractivity contribution in [2.24, 2.45) is 0 Å². The molecule has 2 atom stereocenters. The Morgan fingerprint density at radius 1 is 1.12 bits per heavy atom. The number of ether oxygens (including phenoxy) is 2. The van der Waals surface area contributed by atoms with Crippen LogP contribution in [0.4, 0.5) is 0 Å². The van der Waals surface area contributed by atoms with Crippen LogP contribution in [0.25, 0.3) is 0 Å². The average Bonchev–Trinajstić information content (AvgIpc) is 2.73. The minimum Gasteiger partial charge on any atom is -0.539 e. The lowest BCUT2D eigenvalue weighted by Gasteiger charge is -2.22. The number of thiazole rings is 1. The molecule has 7 nitrogen and oxygen atoms in total. The third-order valence-corrected chi connectivity index (χ3v) is 4.74. The lowest BCUT2D eigenvalue weighted by atomic mass is 10.1. The van der Waals surface area contributed by atoms with Crippen LogP contribution in [-0.4, -0.2) is 30.1 Å². The summed E-state index contributed by atoms with van der Waals surface area (Å²) in [6, 6.07) is 0. The molecule has 1 aliphatic heterocycles. The Morgan fingerprint density at radius 2 is 1.54 bits per heavy atom. The van der Waals surface area contributed by atoms with Gasteiger partial charge in [-0.2, -0.15) is 4.57 Å². The van der Waals surface area contributed by atoms with Crippen molar-refractivity contribution in [3.8, 4) is 0 Å². The molecule has 0 bridgehead atoms. The van der Waals surface area contributed by atoms with Gasteiger partial charge in [0.25, 0.3) is 5.01 Å². The zero-order valence-corrected chi connectivity index (χ0v) is 16.0. The normalized spacial score (nSPS) is 20.6. The molecular formula is C14H17Cl2NO6S. The van der Waals surface area contributed by atoms with E-state index in [1.165, 1.54) is 18.4 Å². The summed E-state index contributed by atoms with van der Waals surface area (Å²) in [6.45, 7) is 8.48. The number of aromatic carboxylic acids is 1. The standard InChI is InChI=1S/C8H9Cl2NO2S.C6H8O4/c1-8(2,3)11-4(9)5(10)14-6(11)7(12)13;1-3-5(7)10-4(2)6(8)9-3/h1-3H3;3-4H,1-2H3. The van der Waals surface area contributed by atoms with Gasteiger partial charge in [-0.05, 0) is 36.8 Å². The van der Waals surface area contributed by atoms with Gasteiger partial charge >= 0.3 is 17.1 Å². The van der Waals surface area contributed by atoms with E-state index in [2.05, 4.69) is 9.47 Å². The first kappa shape index (κ1) is 20.7. The van der Waals surface area contributed by atoms with Crippen molar-refractivity contribution in [3.63, 3.8) is 0 Å². The number of hydrogen-bond donors (Lipinski definition) is 0. The molecule has 0 amide bonds. The molecule has 0 radical (unpaired) electrons. The highest BCUT2D eigenvalue weighted by atomic mass is 35.5. The van der Waals surface area contributed by atoms with Crippen LogP contribution in [0, 0.1) is 0 Å². The van der Waals surface area contributed by atoms with Gasteiger partial charge in [0.05, 0.1) is 0 Å². The number of carbonyl (C=O) groups excluding carboxylic acids is 3. The van der Waals surface area contributed by atoms with E-state index in [4.69, 9.17) is 23.2 Å². The van der Waals surface area contributed by atoms with Crippen LogP contribution in [0.1, 0.15) is 44.4 Å². The molecule has 2 rings (SSSR count). The van der Waals surface area contributed by atoms with Crippen LogP contribution in [0.15, 0.2) is 0 Å². The first-order chi connectivity index (χ1) is 10.9. The van der Waals surface area contributed by atoms with Gasteiger partial charge < -0.3 is 19.4 Å². The summed E-state index contributed by atoms with van der Waals surface area (Å²) < 4.78 is 10.9. The van der Waals surface area contributed by atoms with Gasteiger partial charge in [-0.25, -0.2) is 9.59 Å².